The zero-order valence-electron chi connectivity index (χ0n) is 14.7. The van der Waals surface area contributed by atoms with Gasteiger partial charge in [-0.05, 0) is 24.2 Å². The number of aromatic nitrogens is 1. The molecule has 0 saturated heterocycles. The van der Waals surface area contributed by atoms with Crippen LogP contribution in [0.25, 0.3) is 9.53 Å². The molecule has 2 N–H and O–H groups in total. The van der Waals surface area contributed by atoms with Gasteiger partial charge in [0.05, 0.1) is 9.58 Å². The molecule has 142 valence electrons. The van der Waals surface area contributed by atoms with Crippen LogP contribution in [0.1, 0.15) is 22.2 Å². The molecule has 1 aromatic carbocycles. The number of fused-ring (bicyclic) bond motifs is 1. The van der Waals surface area contributed by atoms with Crippen molar-refractivity contribution in [3.05, 3.63) is 40.8 Å². The van der Waals surface area contributed by atoms with Crippen molar-refractivity contribution in [2.24, 2.45) is 0 Å². The van der Waals surface area contributed by atoms with Gasteiger partial charge in [-0.3, -0.25) is 4.79 Å². The van der Waals surface area contributed by atoms with Gasteiger partial charge in [0.25, 0.3) is 5.91 Å². The fraction of sp³-hybridized carbons (Fsp3) is 0.294. The van der Waals surface area contributed by atoms with Gasteiger partial charge in [-0.2, -0.15) is 0 Å². The summed E-state index contributed by atoms with van der Waals surface area (Å²) in [4.78, 5) is 20.7. The molecule has 0 bridgehead atoms. The predicted octanol–water partition coefficient (Wildman–Crippen LogP) is 4.63. The number of hydrogen-bond acceptors (Lipinski definition) is 6. The molecule has 3 rings (SSSR count). The quantitative estimate of drug-likeness (QED) is 0.595. The number of rotatable bonds is 6. The molecular formula is C17H22Cl2N4OS2. The monoisotopic (exact) mass is 432 g/mol. The highest BCUT2D eigenvalue weighted by Crippen LogP contribution is 2.34. The number of halogens is 2. The van der Waals surface area contributed by atoms with Crippen molar-refractivity contribution in [3.8, 4) is 0 Å². The van der Waals surface area contributed by atoms with E-state index in [2.05, 4.69) is 22.5 Å². The lowest BCUT2D eigenvalue weighted by molar-refractivity contribution is 0.103. The molecule has 3 aromatic rings. The van der Waals surface area contributed by atoms with E-state index in [0.29, 0.717) is 4.88 Å². The van der Waals surface area contributed by atoms with Crippen molar-refractivity contribution in [1.29, 1.82) is 0 Å². The van der Waals surface area contributed by atoms with Crippen LogP contribution in [0.15, 0.2) is 30.3 Å². The third-order valence-electron chi connectivity index (χ3n) is 3.52. The summed E-state index contributed by atoms with van der Waals surface area (Å²) in [5, 5.41) is 7.27. The van der Waals surface area contributed by atoms with E-state index in [1.807, 2.05) is 49.3 Å². The third kappa shape index (κ3) is 5.08. The molecule has 0 fully saturated rings. The number of benzene rings is 1. The van der Waals surface area contributed by atoms with Gasteiger partial charge in [0.2, 0.25) is 0 Å². The average Bonchev–Trinajstić information content (AvgIpc) is 3.13. The summed E-state index contributed by atoms with van der Waals surface area (Å²) in [5.74, 6) is -0.0828. The van der Waals surface area contributed by atoms with E-state index >= 15 is 0 Å². The number of amides is 1. The minimum atomic E-state index is -0.0828. The Morgan fingerprint density at radius 1 is 1.19 bits per heavy atom. The maximum absolute atomic E-state index is 12.6. The summed E-state index contributed by atoms with van der Waals surface area (Å²) in [6.07, 6.45) is 0. The van der Waals surface area contributed by atoms with E-state index in [9.17, 15) is 4.79 Å². The highest BCUT2D eigenvalue weighted by molar-refractivity contribution is 7.29. The lowest BCUT2D eigenvalue weighted by atomic mass is 10.1. The lowest BCUT2D eigenvalue weighted by Crippen LogP contribution is -2.16. The Hall–Kier alpha value is -1.38. The van der Waals surface area contributed by atoms with Crippen LogP contribution in [0.2, 0.25) is 0 Å². The number of hydrogen-bond donors (Lipinski definition) is 2. The smallest absolute Gasteiger partial charge is 0.265 e. The van der Waals surface area contributed by atoms with Crippen LogP contribution >= 0.6 is 47.5 Å². The van der Waals surface area contributed by atoms with E-state index in [4.69, 9.17) is 0 Å². The highest BCUT2D eigenvalue weighted by Gasteiger charge is 2.15. The fourth-order valence-electron chi connectivity index (χ4n) is 2.27. The number of thiophene rings is 1. The topological polar surface area (TPSA) is 57.3 Å². The number of carbonyl (C=O) groups is 1. The fourth-order valence-corrected chi connectivity index (χ4v) is 4.30. The summed E-state index contributed by atoms with van der Waals surface area (Å²) in [6, 6.07) is 9.80. The first kappa shape index (κ1) is 22.7. The van der Waals surface area contributed by atoms with E-state index in [-0.39, 0.29) is 30.7 Å². The van der Waals surface area contributed by atoms with Gasteiger partial charge in [0, 0.05) is 26.3 Å². The molecule has 0 aliphatic carbocycles. The van der Waals surface area contributed by atoms with E-state index < -0.39 is 0 Å². The third-order valence-corrected chi connectivity index (χ3v) is 5.84. The summed E-state index contributed by atoms with van der Waals surface area (Å²) < 4.78 is 1.05. The van der Waals surface area contributed by atoms with E-state index in [1.165, 1.54) is 11.3 Å². The van der Waals surface area contributed by atoms with Crippen molar-refractivity contribution in [2.45, 2.75) is 13.5 Å². The largest absolute Gasteiger partial charge is 0.354 e. The molecule has 2 aromatic heterocycles. The van der Waals surface area contributed by atoms with Gasteiger partial charge in [-0.1, -0.05) is 36.5 Å². The Morgan fingerprint density at radius 2 is 1.92 bits per heavy atom. The Kier molecular flexibility index (Phi) is 8.79. The van der Waals surface area contributed by atoms with Crippen LogP contribution in [0.5, 0.6) is 0 Å². The minimum absolute atomic E-state index is 0. The summed E-state index contributed by atoms with van der Waals surface area (Å²) in [6.45, 7) is 3.69. The molecule has 0 aliphatic heterocycles. The zero-order valence-corrected chi connectivity index (χ0v) is 18.0. The van der Waals surface area contributed by atoms with Gasteiger partial charge in [-0.15, -0.1) is 36.2 Å². The normalized spacial score (nSPS) is 10.1. The molecule has 0 atom stereocenters. The SMILES string of the molecule is CCNCc1ccccc1NC(=O)c1cc2sc(N(C)C)nc2s1.Cl.Cl. The standard InChI is InChI=1S/C17H20N4OS2.2ClH/c1-4-18-10-11-7-5-6-8-12(11)19-15(22)13-9-14-16(23-13)20-17(24-14)21(2)3;;/h5-9,18H,4,10H2,1-3H3,(H,19,22);2*1H. The van der Waals surface area contributed by atoms with Crippen molar-refractivity contribution in [3.63, 3.8) is 0 Å². The predicted molar refractivity (Wildman–Crippen MR) is 118 cm³/mol. The van der Waals surface area contributed by atoms with Crippen LogP contribution in [-0.2, 0) is 6.54 Å². The number of thiazole rings is 1. The molecule has 0 unspecified atom stereocenters. The first-order valence-corrected chi connectivity index (χ1v) is 9.39. The van der Waals surface area contributed by atoms with E-state index in [0.717, 1.165) is 39.0 Å². The van der Waals surface area contributed by atoms with Crippen molar-refractivity contribution in [2.75, 3.05) is 30.9 Å². The molecular weight excluding hydrogens is 411 g/mol. The maximum atomic E-state index is 12.6. The second kappa shape index (κ2) is 10.1. The second-order valence-corrected chi connectivity index (χ2v) is 7.60. The lowest BCUT2D eigenvalue weighted by Gasteiger charge is -2.10. The highest BCUT2D eigenvalue weighted by atomic mass is 35.5. The molecule has 9 heteroatoms. The minimum Gasteiger partial charge on any atom is -0.354 e. The van der Waals surface area contributed by atoms with Crippen LogP contribution in [0, 0.1) is 0 Å². The Bertz CT molecular complexity index is 832. The van der Waals surface area contributed by atoms with Gasteiger partial charge in [0.1, 0.15) is 4.83 Å². The molecule has 26 heavy (non-hydrogen) atoms. The van der Waals surface area contributed by atoms with Crippen LogP contribution in [0.4, 0.5) is 10.8 Å². The molecule has 0 saturated carbocycles. The first-order valence-electron chi connectivity index (χ1n) is 7.76. The van der Waals surface area contributed by atoms with Gasteiger partial charge < -0.3 is 15.5 Å². The number of carbonyl (C=O) groups excluding carboxylic acids is 1. The molecule has 5 nitrogen and oxygen atoms in total. The number of anilines is 2. The molecule has 1 amide bonds. The summed E-state index contributed by atoms with van der Waals surface area (Å²) in [5.41, 5.74) is 1.93. The van der Waals surface area contributed by atoms with E-state index in [1.54, 1.807) is 11.3 Å². The van der Waals surface area contributed by atoms with Crippen LogP contribution in [0.3, 0.4) is 0 Å². The average molecular weight is 433 g/mol. The van der Waals surface area contributed by atoms with Crippen molar-refractivity contribution < 1.29 is 4.79 Å². The molecule has 0 radical (unpaired) electrons. The van der Waals surface area contributed by atoms with Gasteiger partial charge in [0.15, 0.2) is 5.13 Å². The molecule has 2 heterocycles. The Labute approximate surface area is 173 Å². The zero-order chi connectivity index (χ0) is 17.1. The van der Waals surface area contributed by atoms with Crippen molar-refractivity contribution >= 4 is 73.7 Å². The van der Waals surface area contributed by atoms with Gasteiger partial charge >= 0.3 is 0 Å². The van der Waals surface area contributed by atoms with Crippen molar-refractivity contribution in [1.82, 2.24) is 10.3 Å². The Morgan fingerprint density at radius 3 is 2.58 bits per heavy atom. The number of nitrogens with one attached hydrogen (secondary N) is 2. The van der Waals surface area contributed by atoms with Crippen LogP contribution < -0.4 is 15.5 Å². The maximum Gasteiger partial charge on any atom is 0.265 e. The second-order valence-electron chi connectivity index (χ2n) is 5.56. The van der Waals surface area contributed by atoms with Gasteiger partial charge in [-0.25, -0.2) is 4.98 Å². The molecule has 0 aliphatic rings. The van der Waals surface area contributed by atoms with Crippen LogP contribution in [-0.4, -0.2) is 31.5 Å². The first-order chi connectivity index (χ1) is 11.6. The summed E-state index contributed by atoms with van der Waals surface area (Å²) >= 11 is 3.03. The molecule has 0 spiro atoms. The summed E-state index contributed by atoms with van der Waals surface area (Å²) in [7, 11) is 3.94. The Balaban J connectivity index is 0.00000169. The number of nitrogens with zero attached hydrogens (tertiary/aromatic N) is 2. The number of para-hydroxylation sites is 1.